The molecule has 1 aliphatic rings. The number of amides is 1. The molecule has 160 valence electrons. The van der Waals surface area contributed by atoms with E-state index in [2.05, 4.69) is 5.32 Å². The summed E-state index contributed by atoms with van der Waals surface area (Å²) in [5, 5.41) is 13.5. The van der Waals surface area contributed by atoms with Crippen molar-refractivity contribution in [2.75, 3.05) is 18.4 Å². The summed E-state index contributed by atoms with van der Waals surface area (Å²) < 4.78 is 33.0. The first kappa shape index (κ1) is 22.2. The molecule has 30 heavy (non-hydrogen) atoms. The Bertz CT molecular complexity index is 1080. The van der Waals surface area contributed by atoms with Gasteiger partial charge in [0.15, 0.2) is 0 Å². The molecule has 2 aromatic rings. The van der Waals surface area contributed by atoms with Crippen LogP contribution in [0.5, 0.6) is 0 Å². The summed E-state index contributed by atoms with van der Waals surface area (Å²) in [6, 6.07) is 9.49. The number of nitrogens with one attached hydrogen (secondary N) is 1. The van der Waals surface area contributed by atoms with Gasteiger partial charge in [-0.05, 0) is 44.2 Å². The number of nitro groups is 1. The van der Waals surface area contributed by atoms with E-state index in [-0.39, 0.29) is 52.2 Å². The Balaban J connectivity index is 1.84. The fourth-order valence-electron chi connectivity index (χ4n) is 3.21. The van der Waals surface area contributed by atoms with E-state index in [1.807, 2.05) is 0 Å². The molecule has 1 fully saturated rings. The fourth-order valence-corrected chi connectivity index (χ4v) is 5.03. The normalized spacial score (nSPS) is 20.0. The summed E-state index contributed by atoms with van der Waals surface area (Å²) >= 11 is 5.78. The maximum absolute atomic E-state index is 13.0. The van der Waals surface area contributed by atoms with E-state index in [1.165, 1.54) is 40.7 Å². The zero-order chi connectivity index (χ0) is 22.1. The first-order valence-electron chi connectivity index (χ1n) is 9.09. The van der Waals surface area contributed by atoms with E-state index in [4.69, 9.17) is 16.3 Å². The molecule has 0 bridgehead atoms. The van der Waals surface area contributed by atoms with Gasteiger partial charge in [-0.2, -0.15) is 4.31 Å². The van der Waals surface area contributed by atoms with Gasteiger partial charge in [0.2, 0.25) is 10.0 Å². The van der Waals surface area contributed by atoms with Crippen molar-refractivity contribution in [1.29, 1.82) is 0 Å². The molecule has 0 spiro atoms. The minimum atomic E-state index is -3.81. The minimum Gasteiger partial charge on any atom is -0.373 e. The number of nitrogens with zero attached hydrogens (tertiary/aromatic N) is 2. The van der Waals surface area contributed by atoms with Crippen molar-refractivity contribution in [1.82, 2.24) is 4.31 Å². The highest BCUT2D eigenvalue weighted by Gasteiger charge is 2.32. The van der Waals surface area contributed by atoms with Crippen molar-refractivity contribution >= 4 is 38.9 Å². The molecule has 2 unspecified atom stereocenters. The van der Waals surface area contributed by atoms with Crippen LogP contribution < -0.4 is 5.32 Å². The number of anilines is 1. The zero-order valence-corrected chi connectivity index (χ0v) is 17.8. The molecule has 0 aliphatic carbocycles. The summed E-state index contributed by atoms with van der Waals surface area (Å²) in [6.07, 6.45) is -0.480. The number of nitro benzene ring substituents is 1. The second kappa shape index (κ2) is 8.68. The van der Waals surface area contributed by atoms with Gasteiger partial charge in [0.1, 0.15) is 5.02 Å². The van der Waals surface area contributed by atoms with Crippen molar-refractivity contribution in [3.63, 3.8) is 0 Å². The Morgan fingerprint density at radius 1 is 1.20 bits per heavy atom. The molecule has 1 aliphatic heterocycles. The molecule has 1 heterocycles. The Labute approximate surface area is 178 Å². The van der Waals surface area contributed by atoms with Crippen LogP contribution in [0, 0.1) is 10.1 Å². The van der Waals surface area contributed by atoms with E-state index >= 15 is 0 Å². The van der Waals surface area contributed by atoms with Gasteiger partial charge in [-0.15, -0.1) is 0 Å². The molecule has 0 aromatic heterocycles. The fraction of sp³-hybridized carbons (Fsp3) is 0.316. The first-order valence-corrected chi connectivity index (χ1v) is 10.9. The molecule has 2 aromatic carbocycles. The van der Waals surface area contributed by atoms with Gasteiger partial charge in [0.05, 0.1) is 22.0 Å². The van der Waals surface area contributed by atoms with Gasteiger partial charge >= 0.3 is 0 Å². The van der Waals surface area contributed by atoms with Crippen LogP contribution in [0.15, 0.2) is 47.4 Å². The van der Waals surface area contributed by atoms with Crippen LogP contribution in [-0.2, 0) is 14.8 Å². The molecule has 0 saturated carbocycles. The van der Waals surface area contributed by atoms with Crippen molar-refractivity contribution in [3.05, 3.63) is 63.2 Å². The molecular weight excluding hydrogens is 434 g/mol. The standard InChI is InChI=1S/C19H20ClN3O6S/c1-12-10-22(11-13(2)29-12)30(27,28)16-5-3-4-14(8-16)19(24)21-15-6-7-17(20)18(9-15)23(25)26/h3-9,12-13H,10-11H2,1-2H3,(H,21,24). The second-order valence-corrected chi connectivity index (χ2v) is 9.33. The Morgan fingerprint density at radius 3 is 2.50 bits per heavy atom. The van der Waals surface area contributed by atoms with E-state index < -0.39 is 20.9 Å². The van der Waals surface area contributed by atoms with Crippen LogP contribution in [-0.4, -0.2) is 48.9 Å². The van der Waals surface area contributed by atoms with Crippen LogP contribution in [0.4, 0.5) is 11.4 Å². The van der Waals surface area contributed by atoms with Crippen molar-refractivity contribution < 1.29 is 22.9 Å². The van der Waals surface area contributed by atoms with E-state index in [9.17, 15) is 23.3 Å². The summed E-state index contributed by atoms with van der Waals surface area (Å²) in [6.45, 7) is 4.04. The third-order valence-corrected chi connectivity index (χ3v) is 6.67. The average Bonchev–Trinajstić information content (AvgIpc) is 2.68. The lowest BCUT2D eigenvalue weighted by molar-refractivity contribution is -0.384. The molecule has 1 amide bonds. The van der Waals surface area contributed by atoms with Gasteiger partial charge in [-0.25, -0.2) is 8.42 Å². The number of carbonyl (C=O) groups is 1. The number of ether oxygens (including phenoxy) is 1. The predicted molar refractivity (Wildman–Crippen MR) is 111 cm³/mol. The van der Waals surface area contributed by atoms with Crippen LogP contribution in [0.3, 0.4) is 0 Å². The van der Waals surface area contributed by atoms with Crippen LogP contribution in [0.25, 0.3) is 0 Å². The molecule has 3 rings (SSSR count). The number of morpholine rings is 1. The van der Waals surface area contributed by atoms with Crippen LogP contribution in [0.2, 0.25) is 5.02 Å². The minimum absolute atomic E-state index is 0.0152. The summed E-state index contributed by atoms with van der Waals surface area (Å²) in [5.41, 5.74) is -0.0791. The Kier molecular flexibility index (Phi) is 6.41. The lowest BCUT2D eigenvalue weighted by atomic mass is 10.2. The molecule has 9 nitrogen and oxygen atoms in total. The molecule has 1 N–H and O–H groups in total. The number of sulfonamides is 1. The topological polar surface area (TPSA) is 119 Å². The van der Waals surface area contributed by atoms with Crippen LogP contribution in [0.1, 0.15) is 24.2 Å². The maximum Gasteiger partial charge on any atom is 0.289 e. The Hall–Kier alpha value is -2.53. The third kappa shape index (κ3) is 4.78. The average molecular weight is 454 g/mol. The van der Waals surface area contributed by atoms with Gasteiger partial charge in [-0.3, -0.25) is 14.9 Å². The second-order valence-electron chi connectivity index (χ2n) is 6.98. The van der Waals surface area contributed by atoms with Crippen molar-refractivity contribution in [2.24, 2.45) is 0 Å². The lowest BCUT2D eigenvalue weighted by Gasteiger charge is -2.34. The van der Waals surface area contributed by atoms with Crippen LogP contribution >= 0.6 is 11.6 Å². The monoisotopic (exact) mass is 453 g/mol. The summed E-state index contributed by atoms with van der Waals surface area (Å²) in [4.78, 5) is 22.9. The number of carbonyl (C=O) groups excluding carboxylic acids is 1. The zero-order valence-electron chi connectivity index (χ0n) is 16.2. The molecule has 1 saturated heterocycles. The quantitative estimate of drug-likeness (QED) is 0.548. The lowest BCUT2D eigenvalue weighted by Crippen LogP contribution is -2.48. The predicted octanol–water partition coefficient (Wildman–Crippen LogP) is 3.30. The van der Waals surface area contributed by atoms with Gasteiger partial charge < -0.3 is 10.1 Å². The highest BCUT2D eigenvalue weighted by molar-refractivity contribution is 7.89. The highest BCUT2D eigenvalue weighted by atomic mass is 35.5. The number of benzene rings is 2. The highest BCUT2D eigenvalue weighted by Crippen LogP contribution is 2.28. The maximum atomic E-state index is 13.0. The number of halogens is 1. The summed E-state index contributed by atoms with van der Waals surface area (Å²) in [7, 11) is -3.81. The van der Waals surface area contributed by atoms with E-state index in [0.717, 1.165) is 6.07 Å². The van der Waals surface area contributed by atoms with E-state index in [0.29, 0.717) is 0 Å². The Morgan fingerprint density at radius 2 is 1.87 bits per heavy atom. The van der Waals surface area contributed by atoms with Crippen molar-refractivity contribution in [3.8, 4) is 0 Å². The van der Waals surface area contributed by atoms with E-state index in [1.54, 1.807) is 13.8 Å². The largest absolute Gasteiger partial charge is 0.373 e. The third-order valence-electron chi connectivity index (χ3n) is 4.52. The SMILES string of the molecule is CC1CN(S(=O)(=O)c2cccc(C(=O)Nc3ccc(Cl)c([N+](=O)[O-])c3)c2)CC(C)O1. The molecular formula is C19H20ClN3O6S. The molecule has 0 radical (unpaired) electrons. The van der Waals surface area contributed by atoms with Gasteiger partial charge in [0, 0.05) is 30.4 Å². The molecule has 11 heteroatoms. The number of hydrogen-bond acceptors (Lipinski definition) is 6. The number of rotatable bonds is 5. The smallest absolute Gasteiger partial charge is 0.289 e. The van der Waals surface area contributed by atoms with Gasteiger partial charge in [-0.1, -0.05) is 17.7 Å². The van der Waals surface area contributed by atoms with Gasteiger partial charge in [0.25, 0.3) is 11.6 Å². The molecule has 2 atom stereocenters. The van der Waals surface area contributed by atoms with Crippen molar-refractivity contribution in [2.45, 2.75) is 31.0 Å². The number of hydrogen-bond donors (Lipinski definition) is 1. The summed E-state index contributed by atoms with van der Waals surface area (Å²) in [5.74, 6) is -0.604. The first-order chi connectivity index (χ1) is 14.1.